The van der Waals surface area contributed by atoms with Gasteiger partial charge in [0.2, 0.25) is 0 Å². The van der Waals surface area contributed by atoms with Crippen molar-refractivity contribution in [3.05, 3.63) is 156 Å². The smallest absolute Gasteiger partial charge is 0.338 e. The molecule has 47 heavy (non-hydrogen) atoms. The summed E-state index contributed by atoms with van der Waals surface area (Å²) in [5.41, 5.74) is 3.46. The topological polar surface area (TPSA) is 116 Å². The lowest BCUT2D eigenvalue weighted by Crippen LogP contribution is -2.40. The van der Waals surface area contributed by atoms with Gasteiger partial charge < -0.3 is 19.3 Å². The third kappa shape index (κ3) is 6.63. The largest absolute Gasteiger partial charge is 0.497 e. The average Bonchev–Trinajstić information content (AvgIpc) is 3.41. The van der Waals surface area contributed by atoms with Crippen molar-refractivity contribution in [2.75, 3.05) is 13.7 Å². The van der Waals surface area contributed by atoms with E-state index < -0.39 is 18.0 Å². The number of thiazole rings is 1. The van der Waals surface area contributed by atoms with E-state index in [1.807, 2.05) is 54.6 Å². The van der Waals surface area contributed by atoms with Gasteiger partial charge in [-0.25, -0.2) is 14.6 Å². The number of fused-ring (bicyclic) bond motifs is 1. The van der Waals surface area contributed by atoms with Gasteiger partial charge in [0.1, 0.15) is 18.1 Å². The lowest BCUT2D eigenvalue weighted by molar-refractivity contribution is -0.138. The fraction of sp³-hybridized carbons (Fsp3) is 0.135. The second kappa shape index (κ2) is 13.7. The number of carboxylic acid groups (broad SMARTS) is 1. The molecule has 0 aliphatic carbocycles. The van der Waals surface area contributed by atoms with Crippen LogP contribution < -0.4 is 24.4 Å². The Hall–Kier alpha value is -5.74. The summed E-state index contributed by atoms with van der Waals surface area (Å²) in [5.74, 6) is -0.360. The molecule has 4 aromatic carbocycles. The van der Waals surface area contributed by atoms with Crippen molar-refractivity contribution in [3.8, 4) is 11.5 Å². The number of esters is 1. The maximum absolute atomic E-state index is 14.2. The van der Waals surface area contributed by atoms with E-state index >= 15 is 0 Å². The van der Waals surface area contributed by atoms with Crippen LogP contribution in [0.1, 0.15) is 45.6 Å². The van der Waals surface area contributed by atoms with Crippen LogP contribution in [0.25, 0.3) is 11.8 Å². The Morgan fingerprint density at radius 3 is 2.43 bits per heavy atom. The highest BCUT2D eigenvalue weighted by molar-refractivity contribution is 7.07. The van der Waals surface area contributed by atoms with E-state index in [0.29, 0.717) is 37.7 Å². The molecule has 0 amide bonds. The summed E-state index contributed by atoms with van der Waals surface area (Å²) in [4.78, 5) is 44.5. The van der Waals surface area contributed by atoms with E-state index in [2.05, 4.69) is 0 Å². The maximum atomic E-state index is 14.2. The zero-order valence-electron chi connectivity index (χ0n) is 25.6. The Morgan fingerprint density at radius 2 is 1.70 bits per heavy atom. The van der Waals surface area contributed by atoms with Crippen LogP contribution in [-0.4, -0.2) is 35.3 Å². The maximum Gasteiger partial charge on any atom is 0.338 e. The molecule has 1 aliphatic rings. The van der Waals surface area contributed by atoms with E-state index in [9.17, 15) is 19.5 Å². The van der Waals surface area contributed by atoms with Crippen LogP contribution in [0, 0.1) is 0 Å². The molecule has 0 spiro atoms. The Balaban J connectivity index is 1.44. The predicted molar refractivity (Wildman–Crippen MR) is 178 cm³/mol. The highest BCUT2D eigenvalue weighted by atomic mass is 32.1. The van der Waals surface area contributed by atoms with E-state index in [1.54, 1.807) is 67.1 Å². The molecule has 2 heterocycles. The second-order valence-corrected chi connectivity index (χ2v) is 11.6. The first-order chi connectivity index (χ1) is 22.9. The molecule has 0 bridgehead atoms. The highest BCUT2D eigenvalue weighted by Crippen LogP contribution is 2.35. The zero-order chi connectivity index (χ0) is 32.9. The van der Waals surface area contributed by atoms with Crippen LogP contribution in [0.2, 0.25) is 0 Å². The minimum absolute atomic E-state index is 0.160. The first kappa shape index (κ1) is 31.3. The number of methoxy groups -OCH3 is 1. The minimum atomic E-state index is -1.00. The quantitative estimate of drug-likeness (QED) is 0.207. The van der Waals surface area contributed by atoms with E-state index in [-0.39, 0.29) is 29.9 Å². The number of benzene rings is 4. The van der Waals surface area contributed by atoms with E-state index in [4.69, 9.17) is 19.2 Å². The number of nitrogens with zero attached hydrogens (tertiary/aromatic N) is 2. The zero-order valence-corrected chi connectivity index (χ0v) is 26.4. The Bertz CT molecular complexity index is 2170. The van der Waals surface area contributed by atoms with Gasteiger partial charge in [-0.15, -0.1) is 0 Å². The van der Waals surface area contributed by atoms with E-state index in [1.165, 1.54) is 17.4 Å². The van der Waals surface area contributed by atoms with E-state index in [0.717, 1.165) is 11.1 Å². The van der Waals surface area contributed by atoms with Gasteiger partial charge in [0.05, 0.1) is 41.1 Å². The highest BCUT2D eigenvalue weighted by Gasteiger charge is 2.35. The van der Waals surface area contributed by atoms with Gasteiger partial charge in [-0.05, 0) is 66.1 Å². The first-order valence-electron chi connectivity index (χ1n) is 14.8. The first-order valence-corrected chi connectivity index (χ1v) is 15.7. The van der Waals surface area contributed by atoms with Crippen LogP contribution >= 0.6 is 11.3 Å². The second-order valence-electron chi connectivity index (χ2n) is 10.6. The molecule has 0 saturated heterocycles. The number of carbonyl (C=O) groups excluding carboxylic acids is 1. The van der Waals surface area contributed by atoms with Crippen molar-refractivity contribution in [1.82, 2.24) is 4.57 Å². The van der Waals surface area contributed by atoms with Gasteiger partial charge in [-0.1, -0.05) is 78.1 Å². The molecule has 1 unspecified atom stereocenters. The molecular formula is C37H30N2O7S. The molecule has 0 radical (unpaired) electrons. The Morgan fingerprint density at radius 1 is 0.936 bits per heavy atom. The number of ether oxygens (including phenoxy) is 3. The Labute approximate surface area is 274 Å². The van der Waals surface area contributed by atoms with Crippen molar-refractivity contribution in [2.24, 2.45) is 4.99 Å². The number of carboxylic acids is 1. The average molecular weight is 647 g/mol. The molecule has 0 fully saturated rings. The molecule has 1 atom stereocenters. The van der Waals surface area contributed by atoms with Gasteiger partial charge >= 0.3 is 11.9 Å². The molecule has 6 rings (SSSR count). The number of aromatic carboxylic acids is 1. The third-order valence-corrected chi connectivity index (χ3v) is 8.52. The van der Waals surface area contributed by atoms with Crippen molar-refractivity contribution < 1.29 is 28.9 Å². The van der Waals surface area contributed by atoms with Crippen LogP contribution in [-0.2, 0) is 16.1 Å². The van der Waals surface area contributed by atoms with Crippen molar-refractivity contribution in [1.29, 1.82) is 0 Å². The standard InChI is InChI=1S/C37H30N2O7S/c1-3-45-36(43)31-32(25-11-5-4-6-12-25)38-37-39(33(31)26-15-17-28(44-2)18-16-26)34(40)30(47-37)21-23-9-8-14-29(20-23)46-22-24-10-7-13-27(19-24)35(41)42/h4-21,33H,3,22H2,1-2H3,(H,41,42)/b30-21-. The number of rotatable bonds is 10. The van der Waals surface area contributed by atoms with Gasteiger partial charge in [-0.3, -0.25) is 9.36 Å². The molecular weight excluding hydrogens is 616 g/mol. The number of hydrogen-bond donors (Lipinski definition) is 1. The van der Waals surface area contributed by atoms with Crippen LogP contribution in [0.15, 0.2) is 118 Å². The third-order valence-electron chi connectivity index (χ3n) is 7.54. The molecule has 5 aromatic rings. The van der Waals surface area contributed by atoms with Crippen molar-refractivity contribution >= 4 is 35.0 Å². The van der Waals surface area contributed by atoms with Crippen LogP contribution in [0.3, 0.4) is 0 Å². The predicted octanol–water partition coefficient (Wildman–Crippen LogP) is 5.22. The molecule has 1 aliphatic heterocycles. The van der Waals surface area contributed by atoms with Gasteiger partial charge in [-0.2, -0.15) is 0 Å². The molecule has 236 valence electrons. The summed E-state index contributed by atoms with van der Waals surface area (Å²) >= 11 is 1.23. The summed E-state index contributed by atoms with van der Waals surface area (Å²) in [6, 6.07) is 29.7. The fourth-order valence-corrected chi connectivity index (χ4v) is 6.35. The number of carbonyl (C=O) groups is 2. The molecule has 10 heteroatoms. The lowest BCUT2D eigenvalue weighted by Gasteiger charge is -2.26. The SMILES string of the molecule is CCOC(=O)C1=C(c2ccccc2)N=c2s/c(=C\c3cccc(OCc4cccc(C(=O)O)c4)c3)c(=O)n2C1c1ccc(OC)cc1. The van der Waals surface area contributed by atoms with Gasteiger partial charge in [0.25, 0.3) is 5.56 Å². The fourth-order valence-electron chi connectivity index (χ4n) is 5.35. The number of aromatic nitrogens is 1. The number of hydrogen-bond acceptors (Lipinski definition) is 8. The minimum Gasteiger partial charge on any atom is -0.497 e. The summed E-state index contributed by atoms with van der Waals surface area (Å²) in [7, 11) is 1.58. The summed E-state index contributed by atoms with van der Waals surface area (Å²) in [6.45, 7) is 2.07. The summed E-state index contributed by atoms with van der Waals surface area (Å²) in [5, 5.41) is 9.29. The van der Waals surface area contributed by atoms with Crippen LogP contribution in [0.4, 0.5) is 0 Å². The molecule has 9 nitrogen and oxygen atoms in total. The summed E-state index contributed by atoms with van der Waals surface area (Å²) < 4.78 is 18.8. The van der Waals surface area contributed by atoms with Crippen molar-refractivity contribution in [3.63, 3.8) is 0 Å². The van der Waals surface area contributed by atoms with Crippen LogP contribution in [0.5, 0.6) is 11.5 Å². The van der Waals surface area contributed by atoms with Crippen molar-refractivity contribution in [2.45, 2.75) is 19.6 Å². The molecule has 1 aromatic heterocycles. The lowest BCUT2D eigenvalue weighted by atomic mass is 9.93. The summed E-state index contributed by atoms with van der Waals surface area (Å²) in [6.07, 6.45) is 1.77. The van der Waals surface area contributed by atoms with Gasteiger partial charge in [0, 0.05) is 5.56 Å². The molecule has 0 saturated carbocycles. The molecule has 1 N–H and O–H groups in total. The Kier molecular flexibility index (Phi) is 9.12. The monoisotopic (exact) mass is 646 g/mol. The normalized spacial score (nSPS) is 14.3. The van der Waals surface area contributed by atoms with Gasteiger partial charge in [0.15, 0.2) is 4.80 Å².